The van der Waals surface area contributed by atoms with E-state index in [4.69, 9.17) is 11.0 Å². The molecule has 0 aliphatic carbocycles. The molecule has 21 heavy (non-hydrogen) atoms. The fraction of sp³-hybridized carbons (Fsp3) is 0.529. The van der Waals surface area contributed by atoms with Gasteiger partial charge in [0, 0.05) is 13.1 Å². The van der Waals surface area contributed by atoms with Crippen LogP contribution in [-0.4, -0.2) is 29.9 Å². The maximum atomic E-state index is 12.4. The predicted molar refractivity (Wildman–Crippen MR) is 84.4 cm³/mol. The summed E-state index contributed by atoms with van der Waals surface area (Å²) in [5, 5.41) is 8.70. The van der Waals surface area contributed by atoms with Crippen molar-refractivity contribution in [2.24, 2.45) is 11.7 Å². The summed E-state index contributed by atoms with van der Waals surface area (Å²) in [5.74, 6) is 0.323. The molecular weight excluding hydrogens is 262 g/mol. The van der Waals surface area contributed by atoms with Crippen molar-refractivity contribution in [3.63, 3.8) is 0 Å². The van der Waals surface area contributed by atoms with Gasteiger partial charge in [0.15, 0.2) is 0 Å². The van der Waals surface area contributed by atoms with Gasteiger partial charge in [-0.3, -0.25) is 4.79 Å². The highest BCUT2D eigenvalue weighted by atomic mass is 16.2. The number of benzene rings is 1. The molecule has 1 aromatic carbocycles. The zero-order valence-electron chi connectivity index (χ0n) is 13.0. The minimum absolute atomic E-state index is 0.0464. The number of nitrogens with zero attached hydrogens (tertiary/aromatic N) is 2. The van der Waals surface area contributed by atoms with Crippen LogP contribution >= 0.6 is 0 Å². The van der Waals surface area contributed by atoms with Crippen LogP contribution in [0.2, 0.25) is 0 Å². The second kappa shape index (κ2) is 9.15. The number of nitriles is 1. The zero-order valence-corrected chi connectivity index (χ0v) is 13.0. The van der Waals surface area contributed by atoms with E-state index in [1.807, 2.05) is 30.3 Å². The number of hydrogen-bond donors (Lipinski definition) is 1. The first kappa shape index (κ1) is 17.2. The van der Waals surface area contributed by atoms with Crippen molar-refractivity contribution in [1.82, 2.24) is 4.90 Å². The van der Waals surface area contributed by atoms with Gasteiger partial charge in [-0.25, -0.2) is 0 Å². The molecule has 2 N–H and O–H groups in total. The highest BCUT2D eigenvalue weighted by Gasteiger charge is 2.21. The number of hydrogen-bond acceptors (Lipinski definition) is 3. The van der Waals surface area contributed by atoms with Gasteiger partial charge in [0.2, 0.25) is 5.91 Å². The van der Waals surface area contributed by atoms with Crippen molar-refractivity contribution in [3.05, 3.63) is 35.9 Å². The molecule has 1 rings (SSSR count). The zero-order chi connectivity index (χ0) is 15.7. The Hall–Kier alpha value is -1.86. The quantitative estimate of drug-likeness (QED) is 0.798. The summed E-state index contributed by atoms with van der Waals surface area (Å²) in [7, 11) is 0. The second-order valence-electron chi connectivity index (χ2n) is 5.72. The SMILES string of the molecule is CC(C)CN(CCC#N)C(=O)[C@@H](N)CCc1ccccc1. The topological polar surface area (TPSA) is 70.1 Å². The number of carbonyl (C=O) groups is 1. The van der Waals surface area contributed by atoms with E-state index in [0.717, 1.165) is 6.42 Å². The Kier molecular flexibility index (Phi) is 7.49. The first-order valence-corrected chi connectivity index (χ1v) is 7.49. The lowest BCUT2D eigenvalue weighted by Gasteiger charge is -2.26. The van der Waals surface area contributed by atoms with Gasteiger partial charge in [-0.1, -0.05) is 44.2 Å². The molecule has 0 radical (unpaired) electrons. The third-order valence-corrected chi connectivity index (χ3v) is 3.29. The summed E-state index contributed by atoms with van der Waals surface area (Å²) in [6, 6.07) is 11.6. The summed E-state index contributed by atoms with van der Waals surface area (Å²) in [6.45, 7) is 5.23. The van der Waals surface area contributed by atoms with Gasteiger partial charge in [-0.2, -0.15) is 5.26 Å². The lowest BCUT2D eigenvalue weighted by Crippen LogP contribution is -2.45. The predicted octanol–water partition coefficient (Wildman–Crippen LogP) is 2.34. The molecule has 0 spiro atoms. The molecule has 4 heteroatoms. The van der Waals surface area contributed by atoms with Crippen molar-refractivity contribution in [2.75, 3.05) is 13.1 Å². The summed E-state index contributed by atoms with van der Waals surface area (Å²) in [5.41, 5.74) is 7.23. The Morgan fingerprint density at radius 2 is 2.00 bits per heavy atom. The van der Waals surface area contributed by atoms with E-state index in [1.165, 1.54) is 5.56 Å². The van der Waals surface area contributed by atoms with E-state index in [0.29, 0.717) is 31.8 Å². The van der Waals surface area contributed by atoms with Crippen LogP contribution in [0.4, 0.5) is 0 Å². The molecule has 1 amide bonds. The highest BCUT2D eigenvalue weighted by molar-refractivity contribution is 5.81. The minimum Gasteiger partial charge on any atom is -0.340 e. The number of aryl methyl sites for hydroxylation is 1. The molecule has 0 heterocycles. The molecule has 0 aromatic heterocycles. The van der Waals surface area contributed by atoms with Crippen LogP contribution in [-0.2, 0) is 11.2 Å². The molecule has 1 atom stereocenters. The maximum absolute atomic E-state index is 12.4. The van der Waals surface area contributed by atoms with E-state index in [2.05, 4.69) is 19.9 Å². The first-order chi connectivity index (χ1) is 10.0. The Labute approximate surface area is 127 Å². The molecule has 1 aromatic rings. The van der Waals surface area contributed by atoms with E-state index >= 15 is 0 Å². The van der Waals surface area contributed by atoms with Crippen LogP contribution < -0.4 is 5.73 Å². The van der Waals surface area contributed by atoms with Gasteiger partial charge >= 0.3 is 0 Å². The number of rotatable bonds is 8. The Morgan fingerprint density at radius 3 is 2.57 bits per heavy atom. The highest BCUT2D eigenvalue weighted by Crippen LogP contribution is 2.08. The first-order valence-electron chi connectivity index (χ1n) is 7.49. The Morgan fingerprint density at radius 1 is 1.33 bits per heavy atom. The van der Waals surface area contributed by atoms with Gasteiger partial charge in [0.05, 0.1) is 18.5 Å². The number of nitrogens with two attached hydrogens (primary N) is 1. The van der Waals surface area contributed by atoms with E-state index in [-0.39, 0.29) is 5.91 Å². The smallest absolute Gasteiger partial charge is 0.239 e. The van der Waals surface area contributed by atoms with Gasteiger partial charge in [0.1, 0.15) is 0 Å². The minimum atomic E-state index is -0.498. The monoisotopic (exact) mass is 287 g/mol. The second-order valence-corrected chi connectivity index (χ2v) is 5.72. The Bertz CT molecular complexity index is 465. The third kappa shape index (κ3) is 6.42. The normalized spacial score (nSPS) is 12.0. The van der Waals surface area contributed by atoms with Gasteiger partial charge in [0.25, 0.3) is 0 Å². The molecule has 0 saturated carbocycles. The fourth-order valence-corrected chi connectivity index (χ4v) is 2.24. The van der Waals surface area contributed by atoms with Crippen molar-refractivity contribution >= 4 is 5.91 Å². The van der Waals surface area contributed by atoms with Crippen LogP contribution in [0.25, 0.3) is 0 Å². The van der Waals surface area contributed by atoms with Crippen molar-refractivity contribution in [2.45, 2.75) is 39.2 Å². The summed E-state index contributed by atoms with van der Waals surface area (Å²) in [4.78, 5) is 14.1. The fourth-order valence-electron chi connectivity index (χ4n) is 2.24. The molecule has 0 bridgehead atoms. The summed E-state index contributed by atoms with van der Waals surface area (Å²) in [6.07, 6.45) is 1.77. The molecule has 0 fully saturated rings. The molecule has 0 saturated heterocycles. The molecule has 114 valence electrons. The average molecular weight is 287 g/mol. The van der Waals surface area contributed by atoms with Crippen LogP contribution in [0.3, 0.4) is 0 Å². The number of carbonyl (C=O) groups excluding carboxylic acids is 1. The number of amides is 1. The maximum Gasteiger partial charge on any atom is 0.239 e. The van der Waals surface area contributed by atoms with Crippen LogP contribution in [0.15, 0.2) is 30.3 Å². The molecule has 0 aliphatic heterocycles. The van der Waals surface area contributed by atoms with E-state index in [1.54, 1.807) is 4.90 Å². The molecular formula is C17H25N3O. The van der Waals surface area contributed by atoms with Gasteiger partial charge < -0.3 is 10.6 Å². The summed E-state index contributed by atoms with van der Waals surface area (Å²) < 4.78 is 0. The van der Waals surface area contributed by atoms with Gasteiger partial charge in [-0.15, -0.1) is 0 Å². The van der Waals surface area contributed by atoms with Crippen LogP contribution in [0, 0.1) is 17.2 Å². The van der Waals surface area contributed by atoms with Crippen molar-refractivity contribution in [1.29, 1.82) is 5.26 Å². The van der Waals surface area contributed by atoms with Crippen molar-refractivity contribution < 1.29 is 4.79 Å². The molecule has 0 aliphatic rings. The van der Waals surface area contributed by atoms with E-state index in [9.17, 15) is 4.79 Å². The molecule has 0 unspecified atom stereocenters. The van der Waals surface area contributed by atoms with E-state index < -0.39 is 6.04 Å². The van der Waals surface area contributed by atoms with Gasteiger partial charge in [-0.05, 0) is 24.3 Å². The van der Waals surface area contributed by atoms with Crippen LogP contribution in [0.5, 0.6) is 0 Å². The average Bonchev–Trinajstić information content (AvgIpc) is 2.49. The molecule has 4 nitrogen and oxygen atoms in total. The third-order valence-electron chi connectivity index (χ3n) is 3.29. The van der Waals surface area contributed by atoms with Crippen LogP contribution in [0.1, 0.15) is 32.3 Å². The Balaban J connectivity index is 2.54. The standard InChI is InChI=1S/C17H25N3O/c1-14(2)13-20(12-6-11-18)17(21)16(19)10-9-15-7-4-3-5-8-15/h3-5,7-8,14,16H,6,9-10,12-13,19H2,1-2H3/t16-/m0/s1. The largest absolute Gasteiger partial charge is 0.340 e. The lowest BCUT2D eigenvalue weighted by atomic mass is 10.0. The summed E-state index contributed by atoms with van der Waals surface area (Å²) >= 11 is 0. The van der Waals surface area contributed by atoms with Crippen molar-refractivity contribution in [3.8, 4) is 6.07 Å². The lowest BCUT2D eigenvalue weighted by molar-refractivity contribution is -0.133.